The largest absolute Gasteiger partial charge is 0.362 e. The summed E-state index contributed by atoms with van der Waals surface area (Å²) in [7, 11) is 0. The number of benzene rings is 1. The van der Waals surface area contributed by atoms with Gasteiger partial charge in [-0.25, -0.2) is 0 Å². The van der Waals surface area contributed by atoms with Crippen molar-refractivity contribution in [1.82, 2.24) is 0 Å². The highest BCUT2D eigenvalue weighted by atomic mass is 16.2. The van der Waals surface area contributed by atoms with Crippen molar-refractivity contribution in [3.05, 3.63) is 30.3 Å². The zero-order chi connectivity index (χ0) is 9.10. The number of anilines is 1. The number of hydrogen-bond acceptors (Lipinski definition) is 3. The van der Waals surface area contributed by atoms with Crippen LogP contribution in [0, 0.1) is 0 Å². The predicted molar refractivity (Wildman–Crippen MR) is 48.3 cm³/mol. The van der Waals surface area contributed by atoms with Crippen molar-refractivity contribution in [3.8, 4) is 0 Å². The molecule has 0 bridgehead atoms. The number of para-hydroxylation sites is 1. The van der Waals surface area contributed by atoms with Gasteiger partial charge in [-0.2, -0.15) is 5.11 Å². The summed E-state index contributed by atoms with van der Waals surface area (Å²) in [6.45, 7) is 0. The van der Waals surface area contributed by atoms with Crippen LogP contribution in [0.5, 0.6) is 0 Å². The van der Waals surface area contributed by atoms with E-state index in [4.69, 9.17) is 0 Å². The number of nitrogens with one attached hydrogen (secondary N) is 1. The van der Waals surface area contributed by atoms with E-state index in [-0.39, 0.29) is 12.1 Å². The van der Waals surface area contributed by atoms with E-state index in [0.29, 0.717) is 6.42 Å². The van der Waals surface area contributed by atoms with Gasteiger partial charge in [-0.05, 0) is 12.1 Å². The van der Waals surface area contributed by atoms with Crippen LogP contribution in [0.3, 0.4) is 0 Å². The van der Waals surface area contributed by atoms with Crippen molar-refractivity contribution >= 4 is 11.6 Å². The lowest BCUT2D eigenvalue weighted by Gasteiger charge is -2.07. The first-order valence-electron chi connectivity index (χ1n) is 4.10. The maximum absolute atomic E-state index is 10.7. The van der Waals surface area contributed by atoms with Crippen LogP contribution in [0.25, 0.3) is 0 Å². The van der Waals surface area contributed by atoms with Crippen molar-refractivity contribution < 1.29 is 4.79 Å². The minimum atomic E-state index is -0.185. The highest BCUT2D eigenvalue weighted by molar-refractivity contribution is 5.78. The standard InChI is InChI=1S/C9H9N3O/c13-9-6-8(11-12-9)10-7-4-2-1-3-5-7/h1-5,8,10H,6H2. The number of azo groups is 1. The van der Waals surface area contributed by atoms with Crippen molar-refractivity contribution in [1.29, 1.82) is 0 Å². The number of hydrogen-bond donors (Lipinski definition) is 1. The van der Waals surface area contributed by atoms with Gasteiger partial charge in [0.05, 0.1) is 6.42 Å². The molecule has 13 heavy (non-hydrogen) atoms. The Morgan fingerprint density at radius 1 is 1.31 bits per heavy atom. The molecule has 1 aliphatic heterocycles. The predicted octanol–water partition coefficient (Wildman–Crippen LogP) is 1.81. The molecule has 0 aromatic heterocycles. The van der Waals surface area contributed by atoms with Gasteiger partial charge < -0.3 is 5.32 Å². The fourth-order valence-corrected chi connectivity index (χ4v) is 1.19. The Bertz CT molecular complexity index is 334. The van der Waals surface area contributed by atoms with Crippen LogP contribution >= 0.6 is 0 Å². The fraction of sp³-hybridized carbons (Fsp3) is 0.222. The molecule has 1 heterocycles. The van der Waals surface area contributed by atoms with E-state index in [9.17, 15) is 4.79 Å². The molecule has 0 saturated carbocycles. The molecule has 4 nitrogen and oxygen atoms in total. The van der Waals surface area contributed by atoms with E-state index in [0.717, 1.165) is 5.69 Å². The molecule has 4 heteroatoms. The smallest absolute Gasteiger partial charge is 0.268 e. The van der Waals surface area contributed by atoms with Gasteiger partial charge in [0.2, 0.25) is 0 Å². The van der Waals surface area contributed by atoms with Gasteiger partial charge in [-0.3, -0.25) is 4.79 Å². The second-order valence-electron chi connectivity index (χ2n) is 2.84. The number of rotatable bonds is 2. The first kappa shape index (κ1) is 7.91. The molecule has 0 spiro atoms. The van der Waals surface area contributed by atoms with E-state index >= 15 is 0 Å². The van der Waals surface area contributed by atoms with Crippen molar-refractivity contribution in [2.45, 2.75) is 12.6 Å². The maximum atomic E-state index is 10.7. The summed E-state index contributed by atoms with van der Waals surface area (Å²) < 4.78 is 0. The van der Waals surface area contributed by atoms with E-state index in [2.05, 4.69) is 15.5 Å². The van der Waals surface area contributed by atoms with Gasteiger partial charge in [0, 0.05) is 5.69 Å². The fourth-order valence-electron chi connectivity index (χ4n) is 1.19. The van der Waals surface area contributed by atoms with E-state index < -0.39 is 0 Å². The van der Waals surface area contributed by atoms with Gasteiger partial charge >= 0.3 is 0 Å². The molecule has 1 unspecified atom stereocenters. The number of amides is 1. The average molecular weight is 175 g/mol. The Kier molecular flexibility index (Phi) is 2.04. The van der Waals surface area contributed by atoms with Gasteiger partial charge in [-0.15, -0.1) is 5.11 Å². The van der Waals surface area contributed by atoms with Crippen LogP contribution in [0.4, 0.5) is 5.69 Å². The first-order valence-corrected chi connectivity index (χ1v) is 4.10. The third kappa shape index (κ3) is 1.90. The molecule has 0 fully saturated rings. The molecule has 1 N–H and O–H groups in total. The topological polar surface area (TPSA) is 53.8 Å². The molecular weight excluding hydrogens is 166 g/mol. The lowest BCUT2D eigenvalue weighted by atomic mass is 10.3. The number of carbonyl (C=O) groups excluding carboxylic acids is 1. The van der Waals surface area contributed by atoms with Crippen LogP contribution in [0.15, 0.2) is 40.6 Å². The molecule has 0 radical (unpaired) electrons. The van der Waals surface area contributed by atoms with E-state index in [1.54, 1.807) is 0 Å². The Hall–Kier alpha value is -1.71. The summed E-state index contributed by atoms with van der Waals surface area (Å²) in [5.74, 6) is -0.159. The molecule has 1 amide bonds. The second kappa shape index (κ2) is 3.35. The third-order valence-electron chi connectivity index (χ3n) is 1.78. The van der Waals surface area contributed by atoms with Gasteiger partial charge in [-0.1, -0.05) is 18.2 Å². The van der Waals surface area contributed by atoms with Crippen molar-refractivity contribution in [2.24, 2.45) is 10.2 Å². The summed E-state index contributed by atoms with van der Waals surface area (Å²) in [6.07, 6.45) is 0.171. The average Bonchev–Trinajstić information content (AvgIpc) is 2.53. The Labute approximate surface area is 75.7 Å². The molecule has 1 aliphatic rings. The Morgan fingerprint density at radius 2 is 2.08 bits per heavy atom. The highest BCUT2D eigenvalue weighted by Crippen LogP contribution is 2.14. The quantitative estimate of drug-likeness (QED) is 0.745. The molecule has 1 atom stereocenters. The highest BCUT2D eigenvalue weighted by Gasteiger charge is 2.18. The molecule has 0 aliphatic carbocycles. The zero-order valence-corrected chi connectivity index (χ0v) is 6.97. The first-order chi connectivity index (χ1) is 6.34. The van der Waals surface area contributed by atoms with Crippen LogP contribution in [-0.4, -0.2) is 12.1 Å². The number of carbonyl (C=O) groups is 1. The summed E-state index contributed by atoms with van der Waals surface area (Å²) in [5, 5.41) is 10.3. The molecule has 1 aromatic carbocycles. The van der Waals surface area contributed by atoms with Crippen molar-refractivity contribution in [3.63, 3.8) is 0 Å². The maximum Gasteiger partial charge on any atom is 0.268 e. The Morgan fingerprint density at radius 3 is 2.69 bits per heavy atom. The van der Waals surface area contributed by atoms with Gasteiger partial charge in [0.1, 0.15) is 6.17 Å². The summed E-state index contributed by atoms with van der Waals surface area (Å²) in [5.41, 5.74) is 0.959. The summed E-state index contributed by atoms with van der Waals surface area (Å²) in [6, 6.07) is 9.65. The van der Waals surface area contributed by atoms with Crippen LogP contribution in [-0.2, 0) is 4.79 Å². The molecule has 1 aromatic rings. The van der Waals surface area contributed by atoms with Crippen LogP contribution in [0.1, 0.15) is 6.42 Å². The normalized spacial score (nSPS) is 20.6. The zero-order valence-electron chi connectivity index (χ0n) is 6.97. The summed E-state index contributed by atoms with van der Waals surface area (Å²) in [4.78, 5) is 10.7. The van der Waals surface area contributed by atoms with E-state index in [1.807, 2.05) is 30.3 Å². The Balaban J connectivity index is 2.00. The van der Waals surface area contributed by atoms with Crippen LogP contribution < -0.4 is 5.32 Å². The lowest BCUT2D eigenvalue weighted by Crippen LogP contribution is -2.14. The van der Waals surface area contributed by atoms with Gasteiger partial charge in [0.25, 0.3) is 5.91 Å². The van der Waals surface area contributed by atoms with E-state index in [1.165, 1.54) is 0 Å². The molecule has 2 rings (SSSR count). The minimum Gasteiger partial charge on any atom is -0.362 e. The minimum absolute atomic E-state index is 0.159. The lowest BCUT2D eigenvalue weighted by molar-refractivity contribution is -0.117. The van der Waals surface area contributed by atoms with Crippen LogP contribution in [0.2, 0.25) is 0 Å². The third-order valence-corrected chi connectivity index (χ3v) is 1.78. The summed E-state index contributed by atoms with van der Waals surface area (Å²) >= 11 is 0. The SMILES string of the molecule is O=C1CC(Nc2ccccc2)N=N1. The molecular formula is C9H9N3O. The van der Waals surface area contributed by atoms with Gasteiger partial charge in [0.15, 0.2) is 0 Å². The van der Waals surface area contributed by atoms with Crippen molar-refractivity contribution in [2.75, 3.05) is 5.32 Å². The monoisotopic (exact) mass is 175 g/mol. The number of nitrogens with zero attached hydrogens (tertiary/aromatic N) is 2. The molecule has 66 valence electrons. The second-order valence-corrected chi connectivity index (χ2v) is 2.84. The molecule has 0 saturated heterocycles.